The van der Waals surface area contributed by atoms with Crippen LogP contribution in [0.1, 0.15) is 52.9 Å². The zero-order valence-corrected chi connectivity index (χ0v) is 10.1. The van der Waals surface area contributed by atoms with Crippen LogP contribution >= 0.6 is 0 Å². The molecule has 1 rings (SSSR count). The summed E-state index contributed by atoms with van der Waals surface area (Å²) >= 11 is 0. The first-order valence-corrected chi connectivity index (χ1v) is 6.07. The normalized spacial score (nSPS) is 20.5. The van der Waals surface area contributed by atoms with Gasteiger partial charge in [-0.1, -0.05) is 18.1 Å². The van der Waals surface area contributed by atoms with Crippen molar-refractivity contribution in [3.63, 3.8) is 0 Å². The molecule has 0 aliphatic carbocycles. The molecule has 1 unspecified atom stereocenters. The molecule has 0 bridgehead atoms. The van der Waals surface area contributed by atoms with Crippen molar-refractivity contribution in [1.29, 1.82) is 0 Å². The summed E-state index contributed by atoms with van der Waals surface area (Å²) in [5, 5.41) is 0. The summed E-state index contributed by atoms with van der Waals surface area (Å²) in [7, 11) is 0. The van der Waals surface area contributed by atoms with Crippen molar-refractivity contribution in [1.82, 2.24) is 4.90 Å². The highest BCUT2D eigenvalue weighted by Crippen LogP contribution is 2.15. The Hall–Kier alpha value is -0.300. The Morgan fingerprint density at radius 2 is 1.86 bits per heavy atom. The van der Waals surface area contributed by atoms with Gasteiger partial charge in [-0.2, -0.15) is 0 Å². The van der Waals surface area contributed by atoms with Gasteiger partial charge in [0.05, 0.1) is 0 Å². The van der Waals surface area contributed by atoms with Crippen molar-refractivity contribution < 1.29 is 0 Å². The quantitative estimate of drug-likeness (QED) is 0.619. The molecule has 1 aliphatic heterocycles. The molecule has 1 saturated heterocycles. The Labute approximate surface area is 89.2 Å². The van der Waals surface area contributed by atoms with Gasteiger partial charge in [0.1, 0.15) is 0 Å². The molecule has 0 spiro atoms. The van der Waals surface area contributed by atoms with Crippen LogP contribution in [0.25, 0.3) is 0 Å². The molecular formula is C13H25N. The molecular weight excluding hydrogens is 170 g/mol. The second-order valence-electron chi connectivity index (χ2n) is 4.80. The number of hydrogen-bond donors (Lipinski definition) is 0. The zero-order chi connectivity index (χ0) is 10.4. The Kier molecular flexibility index (Phi) is 5.24. The second kappa shape index (κ2) is 6.23. The van der Waals surface area contributed by atoms with Gasteiger partial charge in [0.15, 0.2) is 0 Å². The van der Waals surface area contributed by atoms with Crippen LogP contribution in [0.5, 0.6) is 0 Å². The Bertz CT molecular complexity index is 174. The molecule has 0 saturated carbocycles. The molecule has 0 amide bonds. The Balaban J connectivity index is 2.19. The predicted molar refractivity (Wildman–Crippen MR) is 63.6 cm³/mol. The van der Waals surface area contributed by atoms with Crippen LogP contribution in [0.2, 0.25) is 0 Å². The molecule has 1 atom stereocenters. The van der Waals surface area contributed by atoms with Gasteiger partial charge in [-0.15, -0.1) is 0 Å². The van der Waals surface area contributed by atoms with Gasteiger partial charge in [0.2, 0.25) is 0 Å². The number of rotatable bonds is 4. The van der Waals surface area contributed by atoms with E-state index in [2.05, 4.69) is 31.7 Å². The third kappa shape index (κ3) is 4.28. The van der Waals surface area contributed by atoms with E-state index in [0.717, 1.165) is 6.04 Å². The summed E-state index contributed by atoms with van der Waals surface area (Å²) in [6.45, 7) is 9.41. The van der Waals surface area contributed by atoms with Crippen molar-refractivity contribution in [3.8, 4) is 0 Å². The largest absolute Gasteiger partial charge is 0.301 e. The lowest BCUT2D eigenvalue weighted by atomic mass is 10.1. The summed E-state index contributed by atoms with van der Waals surface area (Å²) in [5.41, 5.74) is 1.45. The topological polar surface area (TPSA) is 3.24 Å². The van der Waals surface area contributed by atoms with Gasteiger partial charge >= 0.3 is 0 Å². The number of piperidine rings is 1. The first-order valence-electron chi connectivity index (χ1n) is 6.07. The molecule has 14 heavy (non-hydrogen) atoms. The van der Waals surface area contributed by atoms with E-state index in [1.54, 1.807) is 0 Å². The van der Waals surface area contributed by atoms with E-state index in [1.165, 1.54) is 50.8 Å². The molecule has 0 N–H and O–H groups in total. The van der Waals surface area contributed by atoms with Crippen LogP contribution in [-0.2, 0) is 0 Å². The van der Waals surface area contributed by atoms with Crippen molar-refractivity contribution in [2.45, 2.75) is 58.9 Å². The molecule has 1 nitrogen and oxygen atoms in total. The number of likely N-dealkylation sites (tertiary alicyclic amines) is 1. The minimum atomic E-state index is 0.783. The lowest BCUT2D eigenvalue weighted by Crippen LogP contribution is -2.37. The summed E-state index contributed by atoms with van der Waals surface area (Å²) in [6.07, 6.45) is 9.20. The summed E-state index contributed by atoms with van der Waals surface area (Å²) < 4.78 is 0. The predicted octanol–water partition coefficient (Wildman–Crippen LogP) is 3.61. The SMILES string of the molecule is CC(C)=CCCC(C)N1CCCCC1. The highest BCUT2D eigenvalue weighted by atomic mass is 15.1. The highest BCUT2D eigenvalue weighted by molar-refractivity contribution is 4.93. The summed E-state index contributed by atoms with van der Waals surface area (Å²) in [6, 6.07) is 0.783. The first kappa shape index (κ1) is 11.8. The Morgan fingerprint density at radius 3 is 2.43 bits per heavy atom. The van der Waals surface area contributed by atoms with E-state index in [-0.39, 0.29) is 0 Å². The molecule has 0 aromatic heterocycles. The molecule has 1 heteroatoms. The van der Waals surface area contributed by atoms with E-state index in [1.807, 2.05) is 0 Å². The van der Waals surface area contributed by atoms with Gasteiger partial charge < -0.3 is 4.90 Å². The second-order valence-corrected chi connectivity index (χ2v) is 4.80. The molecule has 1 heterocycles. The molecule has 0 radical (unpaired) electrons. The van der Waals surface area contributed by atoms with E-state index in [9.17, 15) is 0 Å². The molecule has 1 aliphatic rings. The van der Waals surface area contributed by atoms with Gasteiger partial charge in [0.25, 0.3) is 0 Å². The van der Waals surface area contributed by atoms with Crippen molar-refractivity contribution in [2.75, 3.05) is 13.1 Å². The van der Waals surface area contributed by atoms with Gasteiger partial charge in [0, 0.05) is 6.04 Å². The lowest BCUT2D eigenvalue weighted by Gasteiger charge is -2.32. The molecule has 82 valence electrons. The highest BCUT2D eigenvalue weighted by Gasteiger charge is 2.15. The van der Waals surface area contributed by atoms with Crippen LogP contribution in [0.3, 0.4) is 0 Å². The zero-order valence-electron chi connectivity index (χ0n) is 10.1. The molecule has 1 fully saturated rings. The van der Waals surface area contributed by atoms with Gasteiger partial charge in [-0.25, -0.2) is 0 Å². The third-order valence-corrected chi connectivity index (χ3v) is 3.15. The Morgan fingerprint density at radius 1 is 1.21 bits per heavy atom. The standard InChI is InChI=1S/C13H25N/c1-12(2)8-7-9-13(3)14-10-5-4-6-11-14/h8,13H,4-7,9-11H2,1-3H3. The minimum absolute atomic E-state index is 0.783. The van der Waals surface area contributed by atoms with Crippen LogP contribution in [0.15, 0.2) is 11.6 Å². The van der Waals surface area contributed by atoms with Crippen LogP contribution in [0, 0.1) is 0 Å². The van der Waals surface area contributed by atoms with E-state index < -0.39 is 0 Å². The van der Waals surface area contributed by atoms with Crippen molar-refractivity contribution in [2.24, 2.45) is 0 Å². The number of allylic oxidation sites excluding steroid dienone is 2. The molecule has 0 aromatic carbocycles. The average Bonchev–Trinajstić information content (AvgIpc) is 2.18. The van der Waals surface area contributed by atoms with Crippen LogP contribution < -0.4 is 0 Å². The summed E-state index contributed by atoms with van der Waals surface area (Å²) in [4.78, 5) is 2.66. The fraction of sp³-hybridized carbons (Fsp3) is 0.846. The van der Waals surface area contributed by atoms with Gasteiger partial charge in [-0.05, 0) is 59.5 Å². The lowest BCUT2D eigenvalue weighted by molar-refractivity contribution is 0.167. The minimum Gasteiger partial charge on any atom is -0.301 e. The maximum Gasteiger partial charge on any atom is 0.00698 e. The smallest absolute Gasteiger partial charge is 0.00698 e. The fourth-order valence-electron chi connectivity index (χ4n) is 2.15. The summed E-state index contributed by atoms with van der Waals surface area (Å²) in [5.74, 6) is 0. The average molecular weight is 195 g/mol. The van der Waals surface area contributed by atoms with Crippen molar-refractivity contribution in [3.05, 3.63) is 11.6 Å². The fourth-order valence-corrected chi connectivity index (χ4v) is 2.15. The number of hydrogen-bond acceptors (Lipinski definition) is 1. The molecule has 0 aromatic rings. The monoisotopic (exact) mass is 195 g/mol. The van der Waals surface area contributed by atoms with Crippen molar-refractivity contribution >= 4 is 0 Å². The van der Waals surface area contributed by atoms with E-state index in [4.69, 9.17) is 0 Å². The van der Waals surface area contributed by atoms with Crippen LogP contribution in [0.4, 0.5) is 0 Å². The maximum atomic E-state index is 2.66. The maximum absolute atomic E-state index is 2.66. The number of nitrogens with zero attached hydrogens (tertiary/aromatic N) is 1. The van der Waals surface area contributed by atoms with E-state index in [0.29, 0.717) is 0 Å². The van der Waals surface area contributed by atoms with Gasteiger partial charge in [-0.3, -0.25) is 0 Å². The van der Waals surface area contributed by atoms with E-state index >= 15 is 0 Å². The first-order chi connectivity index (χ1) is 6.70. The third-order valence-electron chi connectivity index (χ3n) is 3.15. The van der Waals surface area contributed by atoms with Crippen LogP contribution in [-0.4, -0.2) is 24.0 Å².